The third-order valence-corrected chi connectivity index (χ3v) is 5.89. The molecule has 2 aromatic heterocycles. The topological polar surface area (TPSA) is 97.4 Å². The minimum Gasteiger partial charge on any atom is -0.442 e. The Labute approximate surface area is 178 Å². The van der Waals surface area contributed by atoms with Gasteiger partial charge in [0.1, 0.15) is 17.5 Å². The van der Waals surface area contributed by atoms with Crippen molar-refractivity contribution in [3.63, 3.8) is 0 Å². The highest BCUT2D eigenvalue weighted by molar-refractivity contribution is 6.06. The zero-order chi connectivity index (χ0) is 21.7. The fourth-order valence-corrected chi connectivity index (χ4v) is 3.80. The molecule has 160 valence electrons. The van der Waals surface area contributed by atoms with Crippen LogP contribution in [0.1, 0.15) is 57.7 Å². The van der Waals surface area contributed by atoms with E-state index in [1.54, 1.807) is 31.0 Å². The molecule has 0 bridgehead atoms. The number of nitrogens with zero attached hydrogens (tertiary/aromatic N) is 3. The Balaban J connectivity index is 1.42. The molecule has 0 unspecified atom stereocenters. The Morgan fingerprint density at radius 1 is 1.19 bits per heavy atom. The fraction of sp³-hybridized carbons (Fsp3) is 0.391. The lowest BCUT2D eigenvalue weighted by Gasteiger charge is -2.22. The number of carbonyl (C=O) groups excluding carboxylic acids is 2. The van der Waals surface area contributed by atoms with Crippen LogP contribution in [-0.2, 0) is 13.6 Å². The maximum Gasteiger partial charge on any atom is 0.265 e. The van der Waals surface area contributed by atoms with Gasteiger partial charge in [-0.15, -0.1) is 0 Å². The van der Waals surface area contributed by atoms with Gasteiger partial charge in [-0.3, -0.25) is 14.4 Å². The molecule has 2 aliphatic rings. The average Bonchev–Trinajstić information content (AvgIpc) is 3.68. The normalized spacial score (nSPS) is 15.8. The lowest BCUT2D eigenvalue weighted by molar-refractivity contribution is 0.0729. The predicted molar refractivity (Wildman–Crippen MR) is 114 cm³/mol. The Morgan fingerprint density at radius 3 is 2.55 bits per heavy atom. The summed E-state index contributed by atoms with van der Waals surface area (Å²) in [4.78, 5) is 44.3. The van der Waals surface area contributed by atoms with Crippen LogP contribution in [0.3, 0.4) is 0 Å². The summed E-state index contributed by atoms with van der Waals surface area (Å²) >= 11 is 0. The fourth-order valence-electron chi connectivity index (χ4n) is 3.80. The van der Waals surface area contributed by atoms with Crippen molar-refractivity contribution in [2.75, 3.05) is 0 Å². The lowest BCUT2D eigenvalue weighted by atomic mass is 10.1. The first-order chi connectivity index (χ1) is 14.9. The Morgan fingerprint density at radius 2 is 1.90 bits per heavy atom. The molecule has 0 atom stereocenters. The van der Waals surface area contributed by atoms with Crippen LogP contribution in [0, 0.1) is 6.92 Å². The van der Waals surface area contributed by atoms with Crippen LogP contribution in [0.5, 0.6) is 0 Å². The average molecular weight is 420 g/mol. The van der Waals surface area contributed by atoms with Crippen molar-refractivity contribution < 1.29 is 14.0 Å². The van der Waals surface area contributed by atoms with Crippen molar-refractivity contribution in [2.45, 2.75) is 51.2 Å². The molecular formula is C23H24N4O4. The number of aryl methyl sites for hydroxylation is 2. The third-order valence-electron chi connectivity index (χ3n) is 5.89. The zero-order valence-electron chi connectivity index (χ0n) is 17.6. The van der Waals surface area contributed by atoms with E-state index in [9.17, 15) is 14.4 Å². The summed E-state index contributed by atoms with van der Waals surface area (Å²) in [5, 5.41) is 3.20. The molecule has 8 heteroatoms. The van der Waals surface area contributed by atoms with E-state index in [1.165, 1.54) is 10.9 Å². The van der Waals surface area contributed by atoms with Gasteiger partial charge in [0, 0.05) is 31.2 Å². The Hall–Kier alpha value is -3.42. The Bertz CT molecular complexity index is 1230. The summed E-state index contributed by atoms with van der Waals surface area (Å²) in [5.41, 5.74) is 1.72. The van der Waals surface area contributed by atoms with Crippen LogP contribution in [0.2, 0.25) is 0 Å². The molecule has 8 nitrogen and oxygen atoms in total. The van der Waals surface area contributed by atoms with Crippen molar-refractivity contribution in [3.8, 4) is 0 Å². The molecule has 2 amide bonds. The number of benzene rings is 1. The molecule has 2 heterocycles. The number of nitrogens with one attached hydrogen (secondary N) is 1. The molecule has 2 aliphatic carbocycles. The van der Waals surface area contributed by atoms with E-state index in [0.717, 1.165) is 31.2 Å². The van der Waals surface area contributed by atoms with Gasteiger partial charge >= 0.3 is 0 Å². The predicted octanol–water partition coefficient (Wildman–Crippen LogP) is 2.53. The van der Waals surface area contributed by atoms with E-state index in [1.807, 2.05) is 12.1 Å². The van der Waals surface area contributed by atoms with Gasteiger partial charge in [-0.2, -0.15) is 0 Å². The van der Waals surface area contributed by atoms with Crippen LogP contribution in [0.15, 0.2) is 39.8 Å². The molecular weight excluding hydrogens is 396 g/mol. The monoisotopic (exact) mass is 420 g/mol. The largest absolute Gasteiger partial charge is 0.442 e. The van der Waals surface area contributed by atoms with Gasteiger partial charge in [0.15, 0.2) is 0 Å². The first-order valence-corrected chi connectivity index (χ1v) is 10.6. The quantitative estimate of drug-likeness (QED) is 0.661. The van der Waals surface area contributed by atoms with Crippen molar-refractivity contribution in [3.05, 3.63) is 63.4 Å². The summed E-state index contributed by atoms with van der Waals surface area (Å²) in [6, 6.07) is 7.79. The highest BCUT2D eigenvalue weighted by atomic mass is 16.3. The minimum absolute atomic E-state index is 0.0620. The van der Waals surface area contributed by atoms with Crippen LogP contribution in [0.25, 0.3) is 11.1 Å². The number of aromatic nitrogens is 2. The van der Waals surface area contributed by atoms with Gasteiger partial charge < -0.3 is 19.2 Å². The van der Waals surface area contributed by atoms with Crippen molar-refractivity contribution in [1.29, 1.82) is 0 Å². The molecule has 0 radical (unpaired) electrons. The number of rotatable bonds is 6. The van der Waals surface area contributed by atoms with E-state index in [4.69, 9.17) is 4.42 Å². The third kappa shape index (κ3) is 3.73. The highest BCUT2D eigenvalue weighted by Gasteiger charge is 2.36. The van der Waals surface area contributed by atoms with Gasteiger partial charge in [0.25, 0.3) is 17.4 Å². The first kappa shape index (κ1) is 19.5. The summed E-state index contributed by atoms with van der Waals surface area (Å²) in [5.74, 6) is 0.112. The number of hydrogen-bond donors (Lipinski definition) is 1. The van der Waals surface area contributed by atoms with Crippen molar-refractivity contribution in [1.82, 2.24) is 19.8 Å². The number of hydrogen-bond acceptors (Lipinski definition) is 5. The molecule has 2 saturated carbocycles. The maximum absolute atomic E-state index is 13.5. The molecule has 0 spiro atoms. The standard InChI is InChI=1S/C23H24N4O4/c1-13-18(19-21(31-13)24-12-26(2)22(19)29)23(30)27(17-9-10-17)11-14-3-5-15(6-4-14)20(28)25-16-7-8-16/h3-6,12,16-17H,7-11H2,1-2H3,(H,25,28). The highest BCUT2D eigenvalue weighted by Crippen LogP contribution is 2.32. The van der Waals surface area contributed by atoms with E-state index < -0.39 is 0 Å². The molecule has 0 aliphatic heterocycles. The number of carbonyl (C=O) groups is 2. The summed E-state index contributed by atoms with van der Waals surface area (Å²) in [6.45, 7) is 2.09. The van der Waals surface area contributed by atoms with Crippen LogP contribution >= 0.6 is 0 Å². The van der Waals surface area contributed by atoms with E-state index in [2.05, 4.69) is 10.3 Å². The molecule has 5 rings (SSSR count). The van der Waals surface area contributed by atoms with Gasteiger partial charge in [-0.1, -0.05) is 12.1 Å². The van der Waals surface area contributed by atoms with E-state index in [0.29, 0.717) is 23.9 Å². The van der Waals surface area contributed by atoms with Gasteiger partial charge in [0.2, 0.25) is 5.71 Å². The molecule has 2 fully saturated rings. The SMILES string of the molecule is Cc1oc2ncn(C)c(=O)c2c1C(=O)N(Cc1ccc(C(=O)NC2CC2)cc1)C1CC1. The molecule has 1 N–H and O–H groups in total. The van der Waals surface area contributed by atoms with Gasteiger partial charge in [-0.25, -0.2) is 4.98 Å². The second kappa shape index (κ2) is 7.37. The van der Waals surface area contributed by atoms with Crippen molar-refractivity contribution in [2.24, 2.45) is 7.05 Å². The molecule has 0 saturated heterocycles. The smallest absolute Gasteiger partial charge is 0.265 e. The lowest BCUT2D eigenvalue weighted by Crippen LogP contribution is -2.33. The number of amides is 2. The van der Waals surface area contributed by atoms with E-state index in [-0.39, 0.29) is 40.1 Å². The Kier molecular flexibility index (Phi) is 4.64. The van der Waals surface area contributed by atoms with Gasteiger partial charge in [0.05, 0.1) is 5.56 Å². The molecule has 31 heavy (non-hydrogen) atoms. The number of furan rings is 1. The molecule has 3 aromatic rings. The summed E-state index contributed by atoms with van der Waals surface area (Å²) in [7, 11) is 1.60. The van der Waals surface area contributed by atoms with Crippen LogP contribution in [-0.4, -0.2) is 38.3 Å². The van der Waals surface area contributed by atoms with Crippen LogP contribution in [0.4, 0.5) is 0 Å². The maximum atomic E-state index is 13.5. The van der Waals surface area contributed by atoms with E-state index >= 15 is 0 Å². The molecule has 1 aromatic carbocycles. The summed E-state index contributed by atoms with van der Waals surface area (Å²) in [6.07, 6.45) is 5.34. The zero-order valence-corrected chi connectivity index (χ0v) is 17.6. The minimum atomic E-state index is -0.299. The summed E-state index contributed by atoms with van der Waals surface area (Å²) < 4.78 is 6.97. The number of fused-ring (bicyclic) bond motifs is 1. The van der Waals surface area contributed by atoms with Gasteiger partial charge in [-0.05, 0) is 50.3 Å². The van der Waals surface area contributed by atoms with Crippen molar-refractivity contribution >= 4 is 22.9 Å². The first-order valence-electron chi connectivity index (χ1n) is 10.6. The second-order valence-corrected chi connectivity index (χ2v) is 8.48. The second-order valence-electron chi connectivity index (χ2n) is 8.48. The van der Waals surface area contributed by atoms with Crippen LogP contribution < -0.4 is 10.9 Å².